The van der Waals surface area contributed by atoms with Gasteiger partial charge in [0.25, 0.3) is 5.91 Å². The van der Waals surface area contributed by atoms with Crippen molar-refractivity contribution in [2.45, 2.75) is 0 Å². The molecule has 1 amide bonds. The Balaban J connectivity index is 3.14. The fourth-order valence-corrected chi connectivity index (χ4v) is 0.917. The van der Waals surface area contributed by atoms with Crippen molar-refractivity contribution in [3.8, 4) is 0 Å². The fraction of sp³-hybridized carbons (Fsp3) is 0. The van der Waals surface area contributed by atoms with Gasteiger partial charge in [-0.2, -0.15) is 0 Å². The maximum absolute atomic E-state index is 10.9. The zero-order chi connectivity index (χ0) is 10.6. The number of nitrogens with two attached hydrogens (primary N) is 1. The molecule has 1 aromatic heterocycles. The number of nitrogens with zero attached hydrogens (tertiary/aromatic N) is 1. The van der Waals surface area contributed by atoms with Crippen molar-refractivity contribution in [3.05, 3.63) is 36.2 Å². The smallest absolute Gasteiger partial charge is 0.329 e. The summed E-state index contributed by atoms with van der Waals surface area (Å²) in [6.07, 6.45) is 2.19. The molecule has 0 aliphatic rings. The van der Waals surface area contributed by atoms with Gasteiger partial charge in [0.2, 0.25) is 0 Å². The molecule has 14 heavy (non-hydrogen) atoms. The molecule has 3 N–H and O–H groups in total. The minimum atomic E-state index is -1.23. The second kappa shape index (κ2) is 4.18. The van der Waals surface area contributed by atoms with Crippen LogP contribution in [-0.2, 0) is 9.59 Å². The molecule has 0 bridgehead atoms. The van der Waals surface area contributed by atoms with Crippen molar-refractivity contribution in [1.82, 2.24) is 4.98 Å². The van der Waals surface area contributed by atoms with Crippen molar-refractivity contribution in [1.29, 1.82) is 0 Å². The van der Waals surface area contributed by atoms with E-state index in [-0.39, 0.29) is 11.3 Å². The molecule has 1 rings (SSSR count). The third-order valence-electron chi connectivity index (χ3n) is 1.47. The van der Waals surface area contributed by atoms with Crippen molar-refractivity contribution in [2.75, 3.05) is 0 Å². The van der Waals surface area contributed by atoms with Crippen LogP contribution in [0.4, 0.5) is 0 Å². The van der Waals surface area contributed by atoms with E-state index < -0.39 is 11.9 Å². The lowest BCUT2D eigenvalue weighted by Gasteiger charge is -1.99. The monoisotopic (exact) mass is 192 g/mol. The quantitative estimate of drug-likeness (QED) is 0.661. The Kier molecular flexibility index (Phi) is 2.96. The molecule has 0 saturated heterocycles. The first-order valence-corrected chi connectivity index (χ1v) is 3.77. The molecule has 0 aromatic carbocycles. The van der Waals surface area contributed by atoms with Gasteiger partial charge in [-0.25, -0.2) is 4.79 Å². The van der Waals surface area contributed by atoms with Gasteiger partial charge in [0.05, 0.1) is 11.3 Å². The number of carbonyl (C=O) groups is 2. The van der Waals surface area contributed by atoms with Crippen molar-refractivity contribution >= 4 is 17.4 Å². The number of aromatic nitrogens is 1. The molecular formula is C9H8N2O3. The van der Waals surface area contributed by atoms with Gasteiger partial charge >= 0.3 is 5.97 Å². The van der Waals surface area contributed by atoms with Gasteiger partial charge in [0.15, 0.2) is 0 Å². The molecule has 1 heterocycles. The number of carboxylic acids is 1. The zero-order valence-electron chi connectivity index (χ0n) is 7.18. The number of hydrogen-bond acceptors (Lipinski definition) is 3. The van der Waals surface area contributed by atoms with E-state index in [9.17, 15) is 9.59 Å². The molecule has 0 aliphatic carbocycles. The van der Waals surface area contributed by atoms with Crippen LogP contribution in [0.25, 0.3) is 5.57 Å². The van der Waals surface area contributed by atoms with E-state index in [0.29, 0.717) is 0 Å². The summed E-state index contributed by atoms with van der Waals surface area (Å²) in [6.45, 7) is 0. The van der Waals surface area contributed by atoms with Crippen molar-refractivity contribution < 1.29 is 14.7 Å². The Labute approximate surface area is 79.9 Å². The lowest BCUT2D eigenvalue weighted by Crippen LogP contribution is -2.15. The van der Waals surface area contributed by atoms with E-state index in [1.165, 1.54) is 12.3 Å². The number of aliphatic carboxylic acids is 1. The highest BCUT2D eigenvalue weighted by Gasteiger charge is 2.10. The van der Waals surface area contributed by atoms with Crippen LogP contribution in [0.5, 0.6) is 0 Å². The summed E-state index contributed by atoms with van der Waals surface area (Å²) in [5.41, 5.74) is 5.15. The Morgan fingerprint density at radius 1 is 1.43 bits per heavy atom. The van der Waals surface area contributed by atoms with E-state index >= 15 is 0 Å². The highest BCUT2D eigenvalue weighted by atomic mass is 16.4. The Morgan fingerprint density at radius 3 is 2.57 bits per heavy atom. The van der Waals surface area contributed by atoms with Crippen LogP contribution >= 0.6 is 0 Å². The lowest BCUT2D eigenvalue weighted by molar-refractivity contribution is -0.131. The van der Waals surface area contributed by atoms with E-state index in [0.717, 1.165) is 6.08 Å². The molecule has 72 valence electrons. The van der Waals surface area contributed by atoms with Crippen LogP contribution in [0.15, 0.2) is 30.5 Å². The highest BCUT2D eigenvalue weighted by Crippen LogP contribution is 2.09. The Bertz CT molecular complexity index is 384. The molecule has 0 unspecified atom stereocenters. The topological polar surface area (TPSA) is 93.3 Å². The molecule has 0 radical (unpaired) electrons. The highest BCUT2D eigenvalue weighted by molar-refractivity contribution is 6.21. The predicted molar refractivity (Wildman–Crippen MR) is 49.0 cm³/mol. The standard InChI is InChI=1S/C9H8N2O3/c10-9(14)6(5-8(12)13)7-3-1-2-4-11-7/h1-5H,(H2,10,14)(H,12,13)/b6-5-. The van der Waals surface area contributed by atoms with Gasteiger partial charge in [-0.15, -0.1) is 0 Å². The number of carboxylic acid groups (broad SMARTS) is 1. The first-order chi connectivity index (χ1) is 6.61. The Hall–Kier alpha value is -2.17. The van der Waals surface area contributed by atoms with Gasteiger partial charge in [0.1, 0.15) is 0 Å². The minimum absolute atomic E-state index is 0.113. The van der Waals surface area contributed by atoms with Crippen LogP contribution in [0.3, 0.4) is 0 Å². The molecule has 0 atom stereocenters. The molecule has 0 aliphatic heterocycles. The molecule has 0 saturated carbocycles. The molecular weight excluding hydrogens is 184 g/mol. The van der Waals surface area contributed by atoms with E-state index in [2.05, 4.69) is 4.98 Å². The van der Waals surface area contributed by atoms with Gasteiger partial charge in [-0.05, 0) is 12.1 Å². The first-order valence-electron chi connectivity index (χ1n) is 3.77. The summed E-state index contributed by atoms with van der Waals surface area (Å²) in [7, 11) is 0. The number of pyridine rings is 1. The lowest BCUT2D eigenvalue weighted by atomic mass is 10.1. The molecule has 0 fully saturated rings. The van der Waals surface area contributed by atoms with Gasteiger partial charge in [-0.3, -0.25) is 9.78 Å². The first kappa shape index (κ1) is 9.91. The van der Waals surface area contributed by atoms with Crippen molar-refractivity contribution in [3.63, 3.8) is 0 Å². The molecule has 0 spiro atoms. The van der Waals surface area contributed by atoms with Crippen LogP contribution in [0.1, 0.15) is 5.69 Å². The summed E-state index contributed by atoms with van der Waals surface area (Å²) >= 11 is 0. The summed E-state index contributed by atoms with van der Waals surface area (Å²) in [6, 6.07) is 4.81. The summed E-state index contributed by atoms with van der Waals surface area (Å²) < 4.78 is 0. The van der Waals surface area contributed by atoms with E-state index in [4.69, 9.17) is 10.8 Å². The molecule has 5 nitrogen and oxygen atoms in total. The number of carbonyl (C=O) groups excluding carboxylic acids is 1. The number of primary amides is 1. The summed E-state index contributed by atoms with van der Waals surface area (Å²) in [5.74, 6) is -2.05. The summed E-state index contributed by atoms with van der Waals surface area (Å²) in [5, 5.41) is 8.48. The van der Waals surface area contributed by atoms with Crippen molar-refractivity contribution in [2.24, 2.45) is 5.73 Å². The Morgan fingerprint density at radius 2 is 2.14 bits per heavy atom. The van der Waals surface area contributed by atoms with E-state index in [1.54, 1.807) is 12.1 Å². The maximum Gasteiger partial charge on any atom is 0.329 e. The second-order valence-electron chi connectivity index (χ2n) is 2.48. The maximum atomic E-state index is 10.9. The largest absolute Gasteiger partial charge is 0.478 e. The number of hydrogen-bond donors (Lipinski definition) is 2. The number of amides is 1. The van der Waals surface area contributed by atoms with Crippen LogP contribution in [0.2, 0.25) is 0 Å². The van der Waals surface area contributed by atoms with Gasteiger partial charge in [-0.1, -0.05) is 6.07 Å². The normalized spacial score (nSPS) is 11.0. The predicted octanol–water partition coefficient (Wildman–Crippen LogP) is 0.0349. The van der Waals surface area contributed by atoms with Crippen LogP contribution in [-0.4, -0.2) is 22.0 Å². The minimum Gasteiger partial charge on any atom is -0.478 e. The van der Waals surface area contributed by atoms with Crippen LogP contribution < -0.4 is 5.73 Å². The SMILES string of the molecule is NC(=O)/C(=C\C(=O)O)c1ccccn1. The summed E-state index contributed by atoms with van der Waals surface area (Å²) in [4.78, 5) is 25.1. The average molecular weight is 192 g/mol. The van der Waals surface area contributed by atoms with Crippen LogP contribution in [0, 0.1) is 0 Å². The molecule has 1 aromatic rings. The third-order valence-corrected chi connectivity index (χ3v) is 1.47. The number of rotatable bonds is 3. The van der Waals surface area contributed by atoms with E-state index in [1.807, 2.05) is 0 Å². The molecule has 5 heteroatoms. The van der Waals surface area contributed by atoms with Gasteiger partial charge in [0, 0.05) is 12.3 Å². The second-order valence-corrected chi connectivity index (χ2v) is 2.48. The van der Waals surface area contributed by atoms with Gasteiger partial charge < -0.3 is 10.8 Å². The fourth-order valence-electron chi connectivity index (χ4n) is 0.917. The zero-order valence-corrected chi connectivity index (χ0v) is 7.18. The average Bonchev–Trinajstić information content (AvgIpc) is 2.15. The third kappa shape index (κ3) is 2.41.